The number of nitrogens with one attached hydrogen (secondary N) is 2. The second kappa shape index (κ2) is 8.05. The summed E-state index contributed by atoms with van der Waals surface area (Å²) < 4.78 is 23.6. The molecule has 0 saturated heterocycles. The molecular formula is C19H15FN2O5. The predicted molar refractivity (Wildman–Crippen MR) is 92.5 cm³/mol. The first-order valence-electron chi connectivity index (χ1n) is 7.88. The molecule has 1 heterocycles. The van der Waals surface area contributed by atoms with Gasteiger partial charge in [0, 0.05) is 0 Å². The van der Waals surface area contributed by atoms with Gasteiger partial charge in [-0.25, -0.2) is 4.39 Å². The molecule has 0 atom stereocenters. The molecule has 0 bridgehead atoms. The van der Waals surface area contributed by atoms with Gasteiger partial charge in [0.15, 0.2) is 5.76 Å². The van der Waals surface area contributed by atoms with Crippen LogP contribution in [0.2, 0.25) is 0 Å². The molecule has 0 fully saturated rings. The molecule has 27 heavy (non-hydrogen) atoms. The number of rotatable bonds is 5. The van der Waals surface area contributed by atoms with Crippen LogP contribution in [0, 0.1) is 5.82 Å². The summed E-state index contributed by atoms with van der Waals surface area (Å²) in [4.78, 5) is 24.0. The molecule has 0 saturated carbocycles. The van der Waals surface area contributed by atoms with Crippen molar-refractivity contribution in [2.45, 2.75) is 6.61 Å². The number of phenols is 1. The quantitative estimate of drug-likeness (QED) is 0.600. The molecule has 0 aliphatic rings. The summed E-state index contributed by atoms with van der Waals surface area (Å²) >= 11 is 0. The van der Waals surface area contributed by atoms with Crippen LogP contribution in [-0.4, -0.2) is 16.9 Å². The maximum atomic E-state index is 12.8. The number of para-hydroxylation sites is 1. The Hall–Kier alpha value is -3.81. The number of carbonyl (C=O) groups excluding carboxylic acids is 2. The number of ether oxygens (including phenoxy) is 1. The van der Waals surface area contributed by atoms with Crippen molar-refractivity contribution in [1.29, 1.82) is 0 Å². The minimum atomic E-state index is -0.674. The van der Waals surface area contributed by atoms with Crippen molar-refractivity contribution in [3.05, 3.63) is 83.6 Å². The Balaban J connectivity index is 1.53. The van der Waals surface area contributed by atoms with Gasteiger partial charge in [-0.15, -0.1) is 0 Å². The Kier molecular flexibility index (Phi) is 5.36. The second-order valence-electron chi connectivity index (χ2n) is 5.43. The molecule has 138 valence electrons. The highest BCUT2D eigenvalue weighted by molar-refractivity contribution is 5.99. The first-order chi connectivity index (χ1) is 13.0. The van der Waals surface area contributed by atoms with E-state index in [-0.39, 0.29) is 29.5 Å². The SMILES string of the molecule is O=C(NNC(=O)c1ccccc1O)c1ccc(COc2ccc(F)cc2)o1. The topological polar surface area (TPSA) is 101 Å². The third-order valence-electron chi connectivity index (χ3n) is 3.52. The highest BCUT2D eigenvalue weighted by Gasteiger charge is 2.15. The van der Waals surface area contributed by atoms with E-state index in [1.807, 2.05) is 0 Å². The molecule has 0 aliphatic carbocycles. The van der Waals surface area contributed by atoms with E-state index in [2.05, 4.69) is 10.9 Å². The molecule has 0 aliphatic heterocycles. The van der Waals surface area contributed by atoms with E-state index in [9.17, 15) is 19.1 Å². The fourth-order valence-corrected chi connectivity index (χ4v) is 2.17. The lowest BCUT2D eigenvalue weighted by atomic mass is 10.2. The van der Waals surface area contributed by atoms with Crippen LogP contribution in [0.25, 0.3) is 0 Å². The number of hydrogen-bond acceptors (Lipinski definition) is 5. The zero-order chi connectivity index (χ0) is 19.2. The van der Waals surface area contributed by atoms with Gasteiger partial charge in [-0.2, -0.15) is 0 Å². The first kappa shape index (κ1) is 18.0. The predicted octanol–water partition coefficient (Wildman–Crippen LogP) is 2.78. The summed E-state index contributed by atoms with van der Waals surface area (Å²) in [6, 6.07) is 14.4. The van der Waals surface area contributed by atoms with E-state index in [1.165, 1.54) is 42.5 Å². The normalized spacial score (nSPS) is 10.3. The van der Waals surface area contributed by atoms with E-state index < -0.39 is 11.8 Å². The van der Waals surface area contributed by atoms with Crippen LogP contribution >= 0.6 is 0 Å². The van der Waals surface area contributed by atoms with Crippen molar-refractivity contribution in [2.75, 3.05) is 0 Å². The van der Waals surface area contributed by atoms with Crippen LogP contribution in [0.15, 0.2) is 65.1 Å². The minimum Gasteiger partial charge on any atom is -0.507 e. The number of carbonyl (C=O) groups is 2. The lowest BCUT2D eigenvalue weighted by Gasteiger charge is -2.07. The van der Waals surface area contributed by atoms with Gasteiger partial charge >= 0.3 is 5.91 Å². The second-order valence-corrected chi connectivity index (χ2v) is 5.43. The van der Waals surface area contributed by atoms with Crippen molar-refractivity contribution >= 4 is 11.8 Å². The van der Waals surface area contributed by atoms with Crippen molar-refractivity contribution in [1.82, 2.24) is 10.9 Å². The Morgan fingerprint density at radius 1 is 0.963 bits per heavy atom. The lowest BCUT2D eigenvalue weighted by Crippen LogP contribution is -2.41. The lowest BCUT2D eigenvalue weighted by molar-refractivity contribution is 0.0827. The Labute approximate surface area is 153 Å². The molecular weight excluding hydrogens is 355 g/mol. The van der Waals surface area contributed by atoms with Gasteiger partial charge in [0.25, 0.3) is 5.91 Å². The van der Waals surface area contributed by atoms with Crippen LogP contribution in [0.3, 0.4) is 0 Å². The van der Waals surface area contributed by atoms with Gasteiger partial charge in [-0.1, -0.05) is 12.1 Å². The standard InChI is InChI=1S/C19H15FN2O5/c20-12-5-7-13(8-6-12)26-11-14-9-10-17(27-14)19(25)22-21-18(24)15-3-1-2-4-16(15)23/h1-10,23H,11H2,(H,21,24)(H,22,25). The van der Waals surface area contributed by atoms with Gasteiger partial charge in [0.05, 0.1) is 5.56 Å². The van der Waals surface area contributed by atoms with E-state index >= 15 is 0 Å². The van der Waals surface area contributed by atoms with Gasteiger partial charge in [-0.3, -0.25) is 20.4 Å². The molecule has 3 rings (SSSR count). The number of phenolic OH excluding ortho intramolecular Hbond substituents is 1. The third-order valence-corrected chi connectivity index (χ3v) is 3.52. The van der Waals surface area contributed by atoms with Crippen LogP contribution < -0.4 is 15.6 Å². The third kappa shape index (κ3) is 4.63. The monoisotopic (exact) mass is 370 g/mol. The maximum absolute atomic E-state index is 12.8. The maximum Gasteiger partial charge on any atom is 0.305 e. The van der Waals surface area contributed by atoms with Crippen molar-refractivity contribution < 1.29 is 28.2 Å². The van der Waals surface area contributed by atoms with Gasteiger partial charge in [0.1, 0.15) is 29.7 Å². The van der Waals surface area contributed by atoms with E-state index in [4.69, 9.17) is 9.15 Å². The molecule has 7 nitrogen and oxygen atoms in total. The molecule has 2 amide bonds. The van der Waals surface area contributed by atoms with Crippen LogP contribution in [0.1, 0.15) is 26.7 Å². The summed E-state index contributed by atoms with van der Waals surface area (Å²) in [5.74, 6) is -1.14. The largest absolute Gasteiger partial charge is 0.507 e. The summed E-state index contributed by atoms with van der Waals surface area (Å²) in [5, 5.41) is 9.61. The summed E-state index contributed by atoms with van der Waals surface area (Å²) in [6.45, 7) is 0.0448. The summed E-state index contributed by atoms with van der Waals surface area (Å²) in [5.41, 5.74) is 4.40. The van der Waals surface area contributed by atoms with Crippen molar-refractivity contribution in [2.24, 2.45) is 0 Å². The number of amides is 2. The average molecular weight is 370 g/mol. The van der Waals surface area contributed by atoms with Gasteiger partial charge < -0.3 is 14.3 Å². The average Bonchev–Trinajstić information content (AvgIpc) is 3.15. The molecule has 1 aromatic heterocycles. The highest BCUT2D eigenvalue weighted by atomic mass is 19.1. The van der Waals surface area contributed by atoms with Crippen LogP contribution in [0.4, 0.5) is 4.39 Å². The summed E-state index contributed by atoms with van der Waals surface area (Å²) in [7, 11) is 0. The Morgan fingerprint density at radius 3 is 2.41 bits per heavy atom. The van der Waals surface area contributed by atoms with Gasteiger partial charge in [0.2, 0.25) is 0 Å². The zero-order valence-electron chi connectivity index (χ0n) is 13.9. The molecule has 0 unspecified atom stereocenters. The number of hydrazine groups is 1. The van der Waals surface area contributed by atoms with Crippen molar-refractivity contribution in [3.63, 3.8) is 0 Å². The number of aromatic hydroxyl groups is 1. The number of halogens is 1. The fraction of sp³-hybridized carbons (Fsp3) is 0.0526. The summed E-state index contributed by atoms with van der Waals surface area (Å²) in [6.07, 6.45) is 0. The van der Waals surface area contributed by atoms with Gasteiger partial charge in [-0.05, 0) is 48.5 Å². The number of hydrogen-bond donors (Lipinski definition) is 3. The number of benzene rings is 2. The minimum absolute atomic E-state index is 0.0191. The molecule has 0 radical (unpaired) electrons. The van der Waals surface area contributed by atoms with Crippen LogP contribution in [0.5, 0.6) is 11.5 Å². The smallest absolute Gasteiger partial charge is 0.305 e. The molecule has 3 aromatic rings. The first-order valence-corrected chi connectivity index (χ1v) is 7.88. The molecule has 2 aromatic carbocycles. The molecule has 8 heteroatoms. The van der Waals surface area contributed by atoms with Crippen LogP contribution in [-0.2, 0) is 6.61 Å². The van der Waals surface area contributed by atoms with E-state index in [1.54, 1.807) is 18.2 Å². The Morgan fingerprint density at radius 2 is 1.67 bits per heavy atom. The molecule has 3 N–H and O–H groups in total. The Bertz CT molecular complexity index is 953. The zero-order valence-corrected chi connectivity index (χ0v) is 13.9. The van der Waals surface area contributed by atoms with E-state index in [0.717, 1.165) is 0 Å². The van der Waals surface area contributed by atoms with Crippen molar-refractivity contribution in [3.8, 4) is 11.5 Å². The highest BCUT2D eigenvalue weighted by Crippen LogP contribution is 2.16. The number of furan rings is 1. The van der Waals surface area contributed by atoms with E-state index in [0.29, 0.717) is 11.5 Å². The fourth-order valence-electron chi connectivity index (χ4n) is 2.17. The molecule has 0 spiro atoms.